The number of halogens is 3. The van der Waals surface area contributed by atoms with Crippen LogP contribution < -0.4 is 10.5 Å². The molecule has 1 atom stereocenters. The minimum Gasteiger partial charge on any atom is -0.493 e. The molecule has 1 aliphatic rings. The van der Waals surface area contributed by atoms with Crippen molar-refractivity contribution < 1.29 is 22.6 Å². The van der Waals surface area contributed by atoms with E-state index in [1.807, 2.05) is 0 Å². The molecule has 2 rings (SSSR count). The summed E-state index contributed by atoms with van der Waals surface area (Å²) < 4.78 is 49.0. The van der Waals surface area contributed by atoms with Gasteiger partial charge in [-0.25, -0.2) is 0 Å². The molecule has 0 bridgehead atoms. The Morgan fingerprint density at radius 3 is 2.79 bits per heavy atom. The second kappa shape index (κ2) is 5.69. The van der Waals surface area contributed by atoms with E-state index in [1.54, 1.807) is 0 Å². The van der Waals surface area contributed by atoms with Gasteiger partial charge in [0.15, 0.2) is 0 Å². The molecule has 0 radical (unpaired) electrons. The first-order chi connectivity index (χ1) is 8.97. The topological polar surface area (TPSA) is 44.5 Å². The molecule has 3 nitrogen and oxygen atoms in total. The molecule has 0 saturated carbocycles. The average Bonchev–Trinajstić information content (AvgIpc) is 2.83. The van der Waals surface area contributed by atoms with Gasteiger partial charge in [0.1, 0.15) is 5.75 Å². The number of rotatable bonds is 4. The highest BCUT2D eigenvalue weighted by Gasteiger charge is 2.34. The molecule has 1 aliphatic heterocycles. The van der Waals surface area contributed by atoms with Crippen molar-refractivity contribution in [2.75, 3.05) is 18.9 Å². The van der Waals surface area contributed by atoms with Crippen molar-refractivity contribution in [3.8, 4) is 5.75 Å². The largest absolute Gasteiger partial charge is 0.493 e. The summed E-state index contributed by atoms with van der Waals surface area (Å²) >= 11 is 0. The van der Waals surface area contributed by atoms with Crippen LogP contribution in [0.15, 0.2) is 18.2 Å². The minimum absolute atomic E-state index is 0.0683. The fourth-order valence-corrected chi connectivity index (χ4v) is 2.07. The number of ether oxygens (including phenoxy) is 2. The number of nitrogen functional groups attached to an aromatic ring is 1. The van der Waals surface area contributed by atoms with Crippen molar-refractivity contribution in [2.24, 2.45) is 0 Å². The first-order valence-electron chi connectivity index (χ1n) is 6.18. The van der Waals surface area contributed by atoms with Crippen molar-refractivity contribution in [1.82, 2.24) is 0 Å². The second-order valence-electron chi connectivity index (χ2n) is 4.53. The molecule has 106 valence electrons. The maximum Gasteiger partial charge on any atom is 0.420 e. The fraction of sp³-hybridized carbons (Fsp3) is 0.538. The van der Waals surface area contributed by atoms with Gasteiger partial charge in [-0.15, -0.1) is 0 Å². The van der Waals surface area contributed by atoms with E-state index in [9.17, 15) is 13.2 Å². The quantitative estimate of drug-likeness (QED) is 0.858. The van der Waals surface area contributed by atoms with Gasteiger partial charge in [-0.3, -0.25) is 0 Å². The van der Waals surface area contributed by atoms with Crippen molar-refractivity contribution in [3.05, 3.63) is 23.8 Å². The highest BCUT2D eigenvalue weighted by atomic mass is 19.4. The predicted molar refractivity (Wildman–Crippen MR) is 64.9 cm³/mol. The Bertz CT molecular complexity index is 428. The standard InChI is InChI=1S/C13H16F3NO2/c14-13(15,16)11-8-9(17)3-4-12(11)19-7-5-10-2-1-6-18-10/h3-4,8,10H,1-2,5-7,17H2. The zero-order valence-electron chi connectivity index (χ0n) is 10.4. The highest BCUT2D eigenvalue weighted by molar-refractivity contribution is 5.49. The van der Waals surface area contributed by atoms with Gasteiger partial charge in [0.2, 0.25) is 0 Å². The molecule has 1 unspecified atom stereocenters. The normalized spacial score (nSPS) is 19.6. The molecule has 0 aromatic heterocycles. The Labute approximate surface area is 109 Å². The molecule has 0 aliphatic carbocycles. The lowest BCUT2D eigenvalue weighted by molar-refractivity contribution is -0.138. The lowest BCUT2D eigenvalue weighted by Crippen LogP contribution is -2.13. The van der Waals surface area contributed by atoms with Crippen LogP contribution in [0.5, 0.6) is 5.75 Å². The van der Waals surface area contributed by atoms with E-state index >= 15 is 0 Å². The van der Waals surface area contributed by atoms with Gasteiger partial charge in [0.25, 0.3) is 0 Å². The van der Waals surface area contributed by atoms with E-state index in [0.29, 0.717) is 6.42 Å². The molecule has 19 heavy (non-hydrogen) atoms. The minimum atomic E-state index is -4.46. The monoisotopic (exact) mass is 275 g/mol. The molecule has 0 spiro atoms. The first-order valence-corrected chi connectivity index (χ1v) is 6.18. The summed E-state index contributed by atoms with van der Waals surface area (Å²) in [5.41, 5.74) is 4.61. The summed E-state index contributed by atoms with van der Waals surface area (Å²) in [5.74, 6) is -0.181. The first kappa shape index (κ1) is 14.0. The van der Waals surface area contributed by atoms with E-state index in [-0.39, 0.29) is 24.1 Å². The summed E-state index contributed by atoms with van der Waals surface area (Å²) in [5, 5.41) is 0. The zero-order chi connectivity index (χ0) is 13.9. The zero-order valence-corrected chi connectivity index (χ0v) is 10.4. The molecule has 1 heterocycles. The van der Waals surface area contributed by atoms with Crippen LogP contribution >= 0.6 is 0 Å². The number of nitrogens with two attached hydrogens (primary N) is 1. The molecule has 1 fully saturated rings. The molecule has 0 amide bonds. The van der Waals surface area contributed by atoms with E-state index in [0.717, 1.165) is 25.5 Å². The molecule has 2 N–H and O–H groups in total. The number of hydrogen-bond donors (Lipinski definition) is 1. The Hall–Kier alpha value is -1.43. The Morgan fingerprint density at radius 2 is 2.16 bits per heavy atom. The van der Waals surface area contributed by atoms with Crippen LogP contribution in [0.4, 0.5) is 18.9 Å². The molecule has 1 aromatic rings. The number of alkyl halides is 3. The molecule has 1 saturated heterocycles. The van der Waals surface area contributed by atoms with E-state index in [4.69, 9.17) is 15.2 Å². The highest BCUT2D eigenvalue weighted by Crippen LogP contribution is 2.37. The van der Waals surface area contributed by atoms with Crippen molar-refractivity contribution in [2.45, 2.75) is 31.5 Å². The van der Waals surface area contributed by atoms with E-state index < -0.39 is 11.7 Å². The van der Waals surface area contributed by atoms with Crippen LogP contribution in [0.1, 0.15) is 24.8 Å². The fourth-order valence-electron chi connectivity index (χ4n) is 2.07. The van der Waals surface area contributed by atoms with Crippen LogP contribution in [-0.4, -0.2) is 19.3 Å². The smallest absolute Gasteiger partial charge is 0.420 e. The van der Waals surface area contributed by atoms with Crippen molar-refractivity contribution in [3.63, 3.8) is 0 Å². The lowest BCUT2D eigenvalue weighted by atomic mass is 10.1. The van der Waals surface area contributed by atoms with E-state index in [1.165, 1.54) is 12.1 Å². The lowest BCUT2D eigenvalue weighted by Gasteiger charge is -2.15. The Balaban J connectivity index is 1.98. The van der Waals surface area contributed by atoms with Gasteiger partial charge in [0, 0.05) is 18.7 Å². The van der Waals surface area contributed by atoms with Crippen molar-refractivity contribution in [1.29, 1.82) is 0 Å². The molecular formula is C13H16F3NO2. The van der Waals surface area contributed by atoms with Crippen LogP contribution in [-0.2, 0) is 10.9 Å². The summed E-state index contributed by atoms with van der Waals surface area (Å²) in [6.07, 6.45) is -1.82. The Morgan fingerprint density at radius 1 is 1.37 bits per heavy atom. The summed E-state index contributed by atoms with van der Waals surface area (Å²) in [7, 11) is 0. The third kappa shape index (κ3) is 3.76. The van der Waals surface area contributed by atoms with Crippen LogP contribution in [0.2, 0.25) is 0 Å². The number of hydrogen-bond acceptors (Lipinski definition) is 3. The summed E-state index contributed by atoms with van der Waals surface area (Å²) in [6, 6.07) is 3.55. The van der Waals surface area contributed by atoms with Gasteiger partial charge in [-0.2, -0.15) is 13.2 Å². The Kier molecular flexibility index (Phi) is 4.19. The van der Waals surface area contributed by atoms with Crippen LogP contribution in [0, 0.1) is 0 Å². The number of benzene rings is 1. The average molecular weight is 275 g/mol. The molecule has 1 aromatic carbocycles. The summed E-state index contributed by atoms with van der Waals surface area (Å²) in [6.45, 7) is 0.929. The molecule has 6 heteroatoms. The van der Waals surface area contributed by atoms with Gasteiger partial charge in [-0.05, 0) is 31.0 Å². The van der Waals surface area contributed by atoms with Crippen LogP contribution in [0.3, 0.4) is 0 Å². The maximum absolute atomic E-state index is 12.8. The maximum atomic E-state index is 12.8. The third-order valence-corrected chi connectivity index (χ3v) is 3.03. The van der Waals surface area contributed by atoms with E-state index in [2.05, 4.69) is 0 Å². The van der Waals surface area contributed by atoms with Gasteiger partial charge in [0.05, 0.1) is 18.3 Å². The summed E-state index contributed by atoms with van der Waals surface area (Å²) in [4.78, 5) is 0. The van der Waals surface area contributed by atoms with Gasteiger partial charge >= 0.3 is 6.18 Å². The number of anilines is 1. The predicted octanol–water partition coefficient (Wildman–Crippen LogP) is 3.24. The third-order valence-electron chi connectivity index (χ3n) is 3.03. The molecular weight excluding hydrogens is 259 g/mol. The van der Waals surface area contributed by atoms with Gasteiger partial charge < -0.3 is 15.2 Å². The van der Waals surface area contributed by atoms with Crippen molar-refractivity contribution >= 4 is 5.69 Å². The second-order valence-corrected chi connectivity index (χ2v) is 4.53. The van der Waals surface area contributed by atoms with Crippen LogP contribution in [0.25, 0.3) is 0 Å². The van der Waals surface area contributed by atoms with Gasteiger partial charge in [-0.1, -0.05) is 0 Å². The SMILES string of the molecule is Nc1ccc(OCCC2CCCO2)c(C(F)(F)F)c1.